The van der Waals surface area contributed by atoms with E-state index in [4.69, 9.17) is 14.6 Å². The van der Waals surface area contributed by atoms with Crippen molar-refractivity contribution in [2.75, 3.05) is 7.11 Å². The average molecular weight is 262 g/mol. The van der Waals surface area contributed by atoms with Crippen molar-refractivity contribution in [1.29, 1.82) is 0 Å². The molecule has 3 nitrogen and oxygen atoms in total. The van der Waals surface area contributed by atoms with Crippen LogP contribution in [-0.4, -0.2) is 12.2 Å². The van der Waals surface area contributed by atoms with Crippen LogP contribution in [0.1, 0.15) is 11.1 Å². The van der Waals surface area contributed by atoms with Gasteiger partial charge in [-0.1, -0.05) is 18.2 Å². The largest absolute Gasteiger partial charge is 0.494 e. The van der Waals surface area contributed by atoms with Gasteiger partial charge >= 0.3 is 0 Å². The molecule has 0 aliphatic rings. The van der Waals surface area contributed by atoms with E-state index < -0.39 is 5.82 Å². The molecule has 0 spiro atoms. The zero-order chi connectivity index (χ0) is 13.7. The minimum atomic E-state index is -0.403. The van der Waals surface area contributed by atoms with Crippen LogP contribution in [0.15, 0.2) is 42.5 Å². The summed E-state index contributed by atoms with van der Waals surface area (Å²) in [5.41, 5.74) is 1.55. The maximum atomic E-state index is 13.5. The molecule has 0 aliphatic carbocycles. The summed E-state index contributed by atoms with van der Waals surface area (Å²) in [5, 5.41) is 8.92. The van der Waals surface area contributed by atoms with E-state index >= 15 is 0 Å². The van der Waals surface area contributed by atoms with Crippen LogP contribution in [0.2, 0.25) is 0 Å². The molecular formula is C15H15FO3. The van der Waals surface area contributed by atoms with Crippen molar-refractivity contribution < 1.29 is 19.0 Å². The molecule has 0 fully saturated rings. The monoisotopic (exact) mass is 262 g/mol. The average Bonchev–Trinajstić information content (AvgIpc) is 2.46. The number of aliphatic hydroxyl groups is 1. The lowest BCUT2D eigenvalue weighted by Crippen LogP contribution is -1.97. The van der Waals surface area contributed by atoms with Gasteiger partial charge < -0.3 is 14.6 Å². The first-order chi connectivity index (χ1) is 9.22. The third-order valence-corrected chi connectivity index (χ3v) is 2.73. The summed E-state index contributed by atoms with van der Waals surface area (Å²) in [4.78, 5) is 0. The zero-order valence-corrected chi connectivity index (χ0v) is 10.6. The van der Waals surface area contributed by atoms with Gasteiger partial charge in [-0.3, -0.25) is 0 Å². The van der Waals surface area contributed by atoms with Gasteiger partial charge in [-0.25, -0.2) is 4.39 Å². The van der Waals surface area contributed by atoms with E-state index in [1.807, 2.05) is 0 Å². The summed E-state index contributed by atoms with van der Waals surface area (Å²) in [6.45, 7) is 0.281. The van der Waals surface area contributed by atoms with E-state index in [-0.39, 0.29) is 19.0 Å². The van der Waals surface area contributed by atoms with Gasteiger partial charge in [0, 0.05) is 0 Å². The number of rotatable bonds is 5. The molecule has 0 atom stereocenters. The van der Waals surface area contributed by atoms with Crippen LogP contribution in [-0.2, 0) is 13.2 Å². The molecule has 0 aromatic heterocycles. The molecule has 19 heavy (non-hydrogen) atoms. The number of hydrogen-bond donors (Lipinski definition) is 1. The molecule has 2 aromatic rings. The van der Waals surface area contributed by atoms with Gasteiger partial charge in [0.05, 0.1) is 13.7 Å². The van der Waals surface area contributed by atoms with Crippen LogP contribution in [0.4, 0.5) is 4.39 Å². The fraction of sp³-hybridized carbons (Fsp3) is 0.200. The van der Waals surface area contributed by atoms with Crippen molar-refractivity contribution in [3.8, 4) is 11.5 Å². The molecule has 4 heteroatoms. The van der Waals surface area contributed by atoms with Gasteiger partial charge in [-0.15, -0.1) is 0 Å². The third kappa shape index (κ3) is 3.45. The fourth-order valence-corrected chi connectivity index (χ4v) is 1.66. The van der Waals surface area contributed by atoms with E-state index in [1.165, 1.54) is 13.2 Å². The number of halogens is 1. The van der Waals surface area contributed by atoms with E-state index in [2.05, 4.69) is 0 Å². The zero-order valence-electron chi connectivity index (χ0n) is 10.6. The smallest absolute Gasteiger partial charge is 0.165 e. The quantitative estimate of drug-likeness (QED) is 0.900. The highest BCUT2D eigenvalue weighted by molar-refractivity contribution is 5.30. The van der Waals surface area contributed by atoms with E-state index in [1.54, 1.807) is 36.4 Å². The van der Waals surface area contributed by atoms with Crippen LogP contribution >= 0.6 is 0 Å². The molecule has 0 amide bonds. The van der Waals surface area contributed by atoms with Crippen LogP contribution in [0, 0.1) is 5.82 Å². The number of hydrogen-bond acceptors (Lipinski definition) is 3. The summed E-state index contributed by atoms with van der Waals surface area (Å²) in [6, 6.07) is 11.8. The number of methoxy groups -OCH3 is 1. The summed E-state index contributed by atoms with van der Waals surface area (Å²) < 4.78 is 23.8. The van der Waals surface area contributed by atoms with Crippen molar-refractivity contribution in [1.82, 2.24) is 0 Å². The Balaban J connectivity index is 1.99. The van der Waals surface area contributed by atoms with Gasteiger partial charge in [-0.05, 0) is 35.4 Å². The molecule has 0 saturated heterocycles. The van der Waals surface area contributed by atoms with Gasteiger partial charge in [0.2, 0.25) is 0 Å². The molecule has 0 bridgehead atoms. The normalized spacial score (nSPS) is 10.3. The van der Waals surface area contributed by atoms with E-state index in [0.29, 0.717) is 5.75 Å². The van der Waals surface area contributed by atoms with Crippen LogP contribution in [0.5, 0.6) is 11.5 Å². The highest BCUT2D eigenvalue weighted by atomic mass is 19.1. The number of benzene rings is 2. The van der Waals surface area contributed by atoms with E-state index in [9.17, 15) is 4.39 Å². The lowest BCUT2D eigenvalue weighted by molar-refractivity contribution is 0.280. The second kappa shape index (κ2) is 6.20. The van der Waals surface area contributed by atoms with Crippen LogP contribution in [0.25, 0.3) is 0 Å². The van der Waals surface area contributed by atoms with Crippen LogP contribution in [0.3, 0.4) is 0 Å². The molecule has 0 saturated carbocycles. The van der Waals surface area contributed by atoms with Crippen molar-refractivity contribution in [3.63, 3.8) is 0 Å². The minimum Gasteiger partial charge on any atom is -0.494 e. The Hall–Kier alpha value is -2.07. The molecule has 0 radical (unpaired) electrons. The topological polar surface area (TPSA) is 38.7 Å². The van der Waals surface area contributed by atoms with Crippen LogP contribution < -0.4 is 9.47 Å². The Labute approximate surface area is 111 Å². The maximum absolute atomic E-state index is 13.5. The Morgan fingerprint density at radius 1 is 1.05 bits per heavy atom. The standard InChI is InChI=1S/C15H15FO3/c1-18-15-7-4-12(8-14(15)16)10-19-13-5-2-11(9-17)3-6-13/h2-8,17H,9-10H2,1H3. The first-order valence-corrected chi connectivity index (χ1v) is 5.88. The summed E-state index contributed by atoms with van der Waals surface area (Å²) in [5.74, 6) is 0.490. The molecule has 0 aliphatic heterocycles. The van der Waals surface area contributed by atoms with Crippen molar-refractivity contribution in [3.05, 3.63) is 59.4 Å². The Kier molecular flexibility index (Phi) is 4.36. The van der Waals surface area contributed by atoms with Crippen molar-refractivity contribution in [2.45, 2.75) is 13.2 Å². The lowest BCUT2D eigenvalue weighted by atomic mass is 10.2. The highest BCUT2D eigenvalue weighted by Gasteiger charge is 2.04. The number of aliphatic hydroxyl groups excluding tert-OH is 1. The molecule has 1 N–H and O–H groups in total. The predicted molar refractivity (Wildman–Crippen MR) is 69.6 cm³/mol. The maximum Gasteiger partial charge on any atom is 0.165 e. The molecule has 2 aromatic carbocycles. The first-order valence-electron chi connectivity index (χ1n) is 5.88. The fourth-order valence-electron chi connectivity index (χ4n) is 1.66. The molecular weight excluding hydrogens is 247 g/mol. The second-order valence-electron chi connectivity index (χ2n) is 4.06. The summed E-state index contributed by atoms with van der Waals surface area (Å²) >= 11 is 0. The minimum absolute atomic E-state index is 0.00394. The third-order valence-electron chi connectivity index (χ3n) is 2.73. The Bertz CT molecular complexity index is 538. The lowest BCUT2D eigenvalue weighted by Gasteiger charge is -2.08. The Morgan fingerprint density at radius 2 is 1.74 bits per heavy atom. The Morgan fingerprint density at radius 3 is 2.32 bits per heavy atom. The summed E-state index contributed by atoms with van der Waals surface area (Å²) in [7, 11) is 1.43. The predicted octanol–water partition coefficient (Wildman–Crippen LogP) is 2.91. The molecule has 100 valence electrons. The van der Waals surface area contributed by atoms with Gasteiger partial charge in [0.15, 0.2) is 11.6 Å². The second-order valence-corrected chi connectivity index (χ2v) is 4.06. The van der Waals surface area contributed by atoms with E-state index in [0.717, 1.165) is 11.1 Å². The number of ether oxygens (including phenoxy) is 2. The van der Waals surface area contributed by atoms with Gasteiger partial charge in [0.25, 0.3) is 0 Å². The SMILES string of the molecule is COc1ccc(COc2ccc(CO)cc2)cc1F. The first kappa shape index (κ1) is 13.4. The molecule has 0 unspecified atom stereocenters. The van der Waals surface area contributed by atoms with Crippen molar-refractivity contribution >= 4 is 0 Å². The van der Waals surface area contributed by atoms with Gasteiger partial charge in [0.1, 0.15) is 12.4 Å². The van der Waals surface area contributed by atoms with Gasteiger partial charge in [-0.2, -0.15) is 0 Å². The highest BCUT2D eigenvalue weighted by Crippen LogP contribution is 2.19. The molecule has 0 heterocycles. The molecule has 2 rings (SSSR count). The summed E-state index contributed by atoms with van der Waals surface area (Å²) in [6.07, 6.45) is 0. The van der Waals surface area contributed by atoms with Crippen molar-refractivity contribution in [2.24, 2.45) is 0 Å².